The van der Waals surface area contributed by atoms with Crippen molar-refractivity contribution in [1.82, 2.24) is 9.88 Å². The Balaban J connectivity index is 1.94. The van der Waals surface area contributed by atoms with Gasteiger partial charge in [0.2, 0.25) is 0 Å². The van der Waals surface area contributed by atoms with E-state index in [1.165, 1.54) is 18.1 Å². The maximum absolute atomic E-state index is 13.4. The standard InChI is InChI=1S/C22H25F3N2O5/c1-12-6-7-15-14(8-12)17(10-18(26-15)22(23,24)25)31-13-9-16(19(28)30-5)27(11-13)20(29)32-21(2,3)4/h6-8,10,13,16H,9,11H2,1-5H3/t13-,16+/m1/s1. The number of halogens is 3. The summed E-state index contributed by atoms with van der Waals surface area (Å²) in [5, 5.41) is 0.406. The van der Waals surface area contributed by atoms with Crippen LogP contribution >= 0.6 is 0 Å². The van der Waals surface area contributed by atoms with E-state index in [9.17, 15) is 22.8 Å². The van der Waals surface area contributed by atoms with Crippen LogP contribution in [0.5, 0.6) is 5.75 Å². The van der Waals surface area contributed by atoms with Crippen LogP contribution in [0.15, 0.2) is 24.3 Å². The third-order valence-electron chi connectivity index (χ3n) is 4.87. The summed E-state index contributed by atoms with van der Waals surface area (Å²) in [4.78, 5) is 29.7. The summed E-state index contributed by atoms with van der Waals surface area (Å²) >= 11 is 0. The lowest BCUT2D eigenvalue weighted by Crippen LogP contribution is -2.44. The lowest BCUT2D eigenvalue weighted by Gasteiger charge is -2.27. The van der Waals surface area contributed by atoms with Gasteiger partial charge in [0.15, 0.2) is 0 Å². The number of aromatic nitrogens is 1. The minimum absolute atomic E-state index is 0.0225. The molecule has 2 heterocycles. The van der Waals surface area contributed by atoms with E-state index in [0.29, 0.717) is 5.39 Å². The van der Waals surface area contributed by atoms with E-state index >= 15 is 0 Å². The Labute approximate surface area is 183 Å². The van der Waals surface area contributed by atoms with E-state index in [1.54, 1.807) is 39.8 Å². The molecule has 174 valence electrons. The number of alkyl halides is 3. The van der Waals surface area contributed by atoms with Crippen molar-refractivity contribution in [1.29, 1.82) is 0 Å². The van der Waals surface area contributed by atoms with Crippen LogP contribution in [-0.4, -0.2) is 53.3 Å². The van der Waals surface area contributed by atoms with E-state index in [-0.39, 0.29) is 24.2 Å². The molecule has 0 aliphatic carbocycles. The maximum Gasteiger partial charge on any atom is 0.433 e. The Bertz CT molecular complexity index is 1030. The van der Waals surface area contributed by atoms with Crippen molar-refractivity contribution in [2.24, 2.45) is 0 Å². The first-order valence-electron chi connectivity index (χ1n) is 10.0. The zero-order valence-corrected chi connectivity index (χ0v) is 18.4. The molecule has 0 saturated carbocycles. The fraction of sp³-hybridized carbons (Fsp3) is 0.500. The summed E-state index contributed by atoms with van der Waals surface area (Å²) in [5.41, 5.74) is -0.933. The summed E-state index contributed by atoms with van der Waals surface area (Å²) in [7, 11) is 1.19. The van der Waals surface area contributed by atoms with E-state index in [2.05, 4.69) is 4.98 Å². The van der Waals surface area contributed by atoms with Crippen LogP contribution in [0.4, 0.5) is 18.0 Å². The third-order valence-corrected chi connectivity index (χ3v) is 4.87. The number of benzene rings is 1. The second kappa shape index (κ2) is 8.48. The van der Waals surface area contributed by atoms with Gasteiger partial charge in [0.25, 0.3) is 0 Å². The largest absolute Gasteiger partial charge is 0.488 e. The SMILES string of the molecule is COC(=O)[C@@H]1C[C@@H](Oc2cc(C(F)(F)F)nc3ccc(C)cc23)CN1C(=O)OC(C)(C)C. The lowest BCUT2D eigenvalue weighted by molar-refractivity contribution is -0.145. The van der Waals surface area contributed by atoms with E-state index in [0.717, 1.165) is 11.6 Å². The number of esters is 1. The van der Waals surface area contributed by atoms with Gasteiger partial charge in [-0.05, 0) is 39.8 Å². The van der Waals surface area contributed by atoms with Crippen LogP contribution in [0.3, 0.4) is 0 Å². The number of carbonyl (C=O) groups excluding carboxylic acids is 2. The number of pyridine rings is 1. The molecular formula is C22H25F3N2O5. The molecule has 1 fully saturated rings. The number of amides is 1. The number of hydrogen-bond donors (Lipinski definition) is 0. The molecule has 1 amide bonds. The molecule has 0 N–H and O–H groups in total. The van der Waals surface area contributed by atoms with Crippen molar-refractivity contribution in [3.8, 4) is 5.75 Å². The van der Waals surface area contributed by atoms with Gasteiger partial charge in [-0.15, -0.1) is 0 Å². The molecule has 2 atom stereocenters. The van der Waals surface area contributed by atoms with Crippen molar-refractivity contribution in [2.75, 3.05) is 13.7 Å². The van der Waals surface area contributed by atoms with E-state index in [1.807, 2.05) is 0 Å². The fourth-order valence-corrected chi connectivity index (χ4v) is 3.50. The minimum Gasteiger partial charge on any atom is -0.488 e. The predicted molar refractivity (Wildman–Crippen MR) is 109 cm³/mol. The topological polar surface area (TPSA) is 78.0 Å². The zero-order chi connectivity index (χ0) is 23.8. The molecule has 3 rings (SSSR count). The molecule has 1 aromatic heterocycles. The normalized spacial score (nSPS) is 19.2. The summed E-state index contributed by atoms with van der Waals surface area (Å²) in [6.07, 6.45) is -6.10. The van der Waals surface area contributed by atoms with Crippen LogP contribution < -0.4 is 4.74 Å². The molecule has 0 spiro atoms. The summed E-state index contributed by atoms with van der Waals surface area (Å²) in [5.74, 6) is -0.681. The Hall–Kier alpha value is -3.04. The molecule has 0 bridgehead atoms. The second-order valence-electron chi connectivity index (χ2n) is 8.67. The fourth-order valence-electron chi connectivity index (χ4n) is 3.50. The monoisotopic (exact) mass is 454 g/mol. The highest BCUT2D eigenvalue weighted by molar-refractivity contribution is 5.86. The smallest absolute Gasteiger partial charge is 0.433 e. The van der Waals surface area contributed by atoms with Crippen molar-refractivity contribution in [2.45, 2.75) is 58.0 Å². The Kier molecular flexibility index (Phi) is 6.26. The average molecular weight is 454 g/mol. The summed E-state index contributed by atoms with van der Waals surface area (Å²) < 4.78 is 56.2. The predicted octanol–water partition coefficient (Wildman–Crippen LogP) is 4.49. The first-order valence-corrected chi connectivity index (χ1v) is 10.0. The molecule has 0 unspecified atom stereocenters. The number of fused-ring (bicyclic) bond motifs is 1. The highest BCUT2D eigenvalue weighted by Gasteiger charge is 2.43. The van der Waals surface area contributed by atoms with Gasteiger partial charge in [0.1, 0.15) is 29.2 Å². The van der Waals surface area contributed by atoms with Crippen LogP contribution in [0.1, 0.15) is 38.4 Å². The molecule has 2 aromatic rings. The quantitative estimate of drug-likeness (QED) is 0.636. The van der Waals surface area contributed by atoms with Gasteiger partial charge in [-0.1, -0.05) is 11.6 Å². The molecule has 1 aliphatic rings. The molecule has 10 heteroatoms. The second-order valence-corrected chi connectivity index (χ2v) is 8.67. The molecule has 1 aromatic carbocycles. The van der Waals surface area contributed by atoms with Crippen LogP contribution in [0, 0.1) is 6.92 Å². The van der Waals surface area contributed by atoms with E-state index < -0.39 is 41.7 Å². The van der Waals surface area contributed by atoms with Gasteiger partial charge >= 0.3 is 18.2 Å². The number of likely N-dealkylation sites (tertiary alicyclic amines) is 1. The van der Waals surface area contributed by atoms with Crippen LogP contribution in [0.25, 0.3) is 10.9 Å². The van der Waals surface area contributed by atoms with E-state index in [4.69, 9.17) is 14.2 Å². The highest BCUT2D eigenvalue weighted by atomic mass is 19.4. The number of nitrogens with zero attached hydrogens (tertiary/aromatic N) is 2. The molecule has 0 radical (unpaired) electrons. The Morgan fingerprint density at radius 3 is 2.44 bits per heavy atom. The van der Waals surface area contributed by atoms with Crippen molar-refractivity contribution in [3.05, 3.63) is 35.5 Å². The van der Waals surface area contributed by atoms with Gasteiger partial charge in [-0.2, -0.15) is 13.2 Å². The first kappa shape index (κ1) is 23.6. The van der Waals surface area contributed by atoms with Gasteiger partial charge in [0.05, 0.1) is 19.2 Å². The number of ether oxygens (including phenoxy) is 3. The average Bonchev–Trinajstić information content (AvgIpc) is 3.09. The van der Waals surface area contributed by atoms with Crippen LogP contribution in [-0.2, 0) is 20.4 Å². The molecular weight excluding hydrogens is 429 g/mol. The number of aryl methyl sites for hydroxylation is 1. The molecule has 7 nitrogen and oxygen atoms in total. The highest BCUT2D eigenvalue weighted by Crippen LogP contribution is 2.36. The minimum atomic E-state index is -4.66. The summed E-state index contributed by atoms with van der Waals surface area (Å²) in [6, 6.07) is 4.69. The Morgan fingerprint density at radius 1 is 1.16 bits per heavy atom. The van der Waals surface area contributed by atoms with Gasteiger partial charge in [0, 0.05) is 17.9 Å². The van der Waals surface area contributed by atoms with Gasteiger partial charge in [-0.3, -0.25) is 4.90 Å². The molecule has 1 saturated heterocycles. The van der Waals surface area contributed by atoms with Gasteiger partial charge in [-0.25, -0.2) is 14.6 Å². The Morgan fingerprint density at radius 2 is 1.84 bits per heavy atom. The number of methoxy groups -OCH3 is 1. The van der Waals surface area contributed by atoms with Crippen LogP contribution in [0.2, 0.25) is 0 Å². The number of rotatable bonds is 3. The number of carbonyl (C=O) groups is 2. The molecule has 1 aliphatic heterocycles. The van der Waals surface area contributed by atoms with Gasteiger partial charge < -0.3 is 14.2 Å². The molecule has 32 heavy (non-hydrogen) atoms. The number of hydrogen-bond acceptors (Lipinski definition) is 6. The van der Waals surface area contributed by atoms with Crippen molar-refractivity contribution in [3.63, 3.8) is 0 Å². The zero-order valence-electron chi connectivity index (χ0n) is 18.4. The third kappa shape index (κ3) is 5.23. The first-order chi connectivity index (χ1) is 14.8. The maximum atomic E-state index is 13.4. The summed E-state index contributed by atoms with van der Waals surface area (Å²) in [6.45, 7) is 6.81. The van der Waals surface area contributed by atoms with Crippen molar-refractivity contribution >= 4 is 23.0 Å². The van der Waals surface area contributed by atoms with Crippen molar-refractivity contribution < 1.29 is 37.0 Å². The lowest BCUT2D eigenvalue weighted by atomic mass is 10.1.